The zero-order valence-electron chi connectivity index (χ0n) is 68.3. The first-order chi connectivity index (χ1) is 52.4. The van der Waals surface area contributed by atoms with Crippen LogP contribution in [0.1, 0.15) is 400 Å². The van der Waals surface area contributed by atoms with E-state index in [1.54, 1.807) is 0 Å². The van der Waals surface area contributed by atoms with Crippen LogP contribution in [0.5, 0.6) is 0 Å². The Morgan fingerprint density at radius 3 is 0.731 bits per heavy atom. The molecule has 0 rings (SSSR count). The van der Waals surface area contributed by atoms with Crippen LogP contribution in [0.3, 0.4) is 0 Å². The minimum absolute atomic E-state index is 0.0924. The fourth-order valence-electron chi connectivity index (χ4n) is 12.3. The monoisotopic (exact) mass is 1620 g/mol. The molecule has 22 nitrogen and oxygen atoms in total. The molecule has 0 heterocycles. The Balaban J connectivity index is 5.20. The highest BCUT2D eigenvalue weighted by atomic mass is 33.1. The molecule has 2 unspecified atom stereocenters. The third kappa shape index (κ3) is 75.0. The molecule has 108 heavy (non-hydrogen) atoms. The quantitative estimate of drug-likeness (QED) is 0.00836. The molecule has 0 saturated heterocycles. The molecule has 0 aromatic heterocycles. The number of unbranched alkanes of at least 4 members (excludes halogenated alkanes) is 48. The molecule has 0 amide bonds. The zero-order chi connectivity index (χ0) is 79.3. The van der Waals surface area contributed by atoms with Crippen molar-refractivity contribution in [1.82, 2.24) is 0 Å². The van der Waals surface area contributed by atoms with Gasteiger partial charge >= 0.3 is 39.5 Å². The number of carbonyl (C=O) groups is 4. The van der Waals surface area contributed by atoms with Crippen LogP contribution in [0.15, 0.2) is 9.98 Å². The maximum Gasteiger partial charge on any atom is 0.472 e. The van der Waals surface area contributed by atoms with Gasteiger partial charge in [-0.15, -0.1) is 0 Å². The molecule has 0 aliphatic rings. The zero-order valence-corrected chi connectivity index (χ0v) is 71.7. The van der Waals surface area contributed by atoms with Gasteiger partial charge in [-0.2, -0.15) is 0 Å². The highest BCUT2D eigenvalue weighted by Crippen LogP contribution is 2.44. The van der Waals surface area contributed by atoms with E-state index in [1.165, 1.54) is 240 Å². The van der Waals surface area contributed by atoms with Crippen LogP contribution in [0, 0.1) is 0 Å². The molecule has 0 spiro atoms. The van der Waals surface area contributed by atoms with Gasteiger partial charge in [0.2, 0.25) is 0 Å². The molecule has 6 atom stereocenters. The van der Waals surface area contributed by atoms with E-state index < -0.39 is 128 Å². The van der Waals surface area contributed by atoms with Gasteiger partial charge in [0.15, 0.2) is 12.2 Å². The smallest absolute Gasteiger partial charge is 0.472 e. The summed E-state index contributed by atoms with van der Waals surface area (Å²) in [5.74, 6) is -2.87. The Kier molecular flexibility index (Phi) is 76.8. The summed E-state index contributed by atoms with van der Waals surface area (Å²) in [6, 6.07) is -2.45. The van der Waals surface area contributed by atoms with Crippen molar-refractivity contribution in [3.63, 3.8) is 0 Å². The summed E-state index contributed by atoms with van der Waals surface area (Å²) < 4.78 is 68.9. The summed E-state index contributed by atoms with van der Waals surface area (Å²) in [5.41, 5.74) is 0. The third-order valence-electron chi connectivity index (χ3n) is 19.1. The number of esters is 4. The normalized spacial score (nSPS) is 14.3. The van der Waals surface area contributed by atoms with Crippen LogP contribution in [0.2, 0.25) is 0 Å². The van der Waals surface area contributed by atoms with Crippen molar-refractivity contribution >= 4 is 72.9 Å². The lowest BCUT2D eigenvalue weighted by molar-refractivity contribution is -0.219. The minimum Gasteiger partial charge on any atom is -0.862 e. The molecular formula is C82H156N2O20P2S2-2. The molecule has 0 saturated carbocycles. The average Bonchev–Trinajstić information content (AvgIpc) is 0.905. The van der Waals surface area contributed by atoms with Crippen LogP contribution in [0.25, 0.3) is 0 Å². The lowest BCUT2D eigenvalue weighted by Gasteiger charge is -2.21. The van der Waals surface area contributed by atoms with E-state index in [9.17, 15) is 58.5 Å². The highest BCUT2D eigenvalue weighted by Gasteiger charge is 2.29. The summed E-state index contributed by atoms with van der Waals surface area (Å²) in [6.45, 7) is 4.09. The highest BCUT2D eigenvalue weighted by molar-refractivity contribution is 8.76. The van der Waals surface area contributed by atoms with Gasteiger partial charge < -0.3 is 49.2 Å². The maximum absolute atomic E-state index is 13.1. The fraction of sp³-hybridized carbons (Fsp3) is 0.927. The second kappa shape index (κ2) is 78.5. The summed E-state index contributed by atoms with van der Waals surface area (Å²) >= 11 is 0. The van der Waals surface area contributed by atoms with Crippen molar-refractivity contribution in [2.75, 3.05) is 64.4 Å². The standard InChI is InChI=1S/C82H158N2O20P2S2/c1-5-9-13-17-21-25-29-31-33-35-39-42-46-50-54-58-80(90)98-70-76(104-82(92)60-56-52-48-44-40-36-34-32-30-26-22-18-14-10-6-2)72-102-106(95,96)100-68-74(66-86)84-78(88)62-64-108-107-63-61-77(87)83-73(65-85)67-99-105(93,94)101-71-75(103-81(91)59-55-51-47-43-38-28-24-20-16-12-8-4)69-97-79(89)57-53-49-45-41-37-27-23-19-15-11-7-3/h73-76,85-86H,5-72H2,1-4H3,(H,83,87)(H,84,88)(H,93,94)(H,95,96)/p-2/t73-,74-,75-,76-/m1/s1. The lowest BCUT2D eigenvalue weighted by Crippen LogP contribution is -2.30. The number of rotatable bonds is 85. The summed E-state index contributed by atoms with van der Waals surface area (Å²) in [6.07, 6.45) is 58.1. The van der Waals surface area contributed by atoms with E-state index in [4.69, 9.17) is 37.0 Å². The molecule has 0 aromatic carbocycles. The van der Waals surface area contributed by atoms with Crippen LogP contribution in [-0.4, -0.2) is 144 Å². The van der Waals surface area contributed by atoms with Crippen molar-refractivity contribution < 1.29 is 95.6 Å². The summed E-state index contributed by atoms with van der Waals surface area (Å²) in [7, 11) is -7.25. The Bertz CT molecular complexity index is 2240. The summed E-state index contributed by atoms with van der Waals surface area (Å²) in [5, 5.41) is 45.5. The molecule has 0 aromatic rings. The number of aliphatic hydroxyl groups is 2. The number of nitrogens with zero attached hydrogens (tertiary/aromatic N) is 2. The van der Waals surface area contributed by atoms with E-state index in [-0.39, 0.29) is 50.0 Å². The number of aliphatic hydroxyl groups excluding tert-OH is 2. The van der Waals surface area contributed by atoms with Crippen LogP contribution >= 0.6 is 37.2 Å². The topological polar surface area (TPSA) is 328 Å². The second-order valence-corrected chi connectivity index (χ2v) is 35.2. The van der Waals surface area contributed by atoms with Gasteiger partial charge in [-0.25, -0.2) is 9.13 Å². The number of aliphatic imine (C=N–C) groups is 2. The molecule has 26 heteroatoms. The van der Waals surface area contributed by atoms with Gasteiger partial charge in [0, 0.05) is 37.2 Å². The van der Waals surface area contributed by atoms with E-state index >= 15 is 0 Å². The van der Waals surface area contributed by atoms with Crippen LogP contribution < -0.4 is 10.2 Å². The van der Waals surface area contributed by atoms with Crippen LogP contribution in [-0.2, 0) is 65.4 Å². The van der Waals surface area contributed by atoms with Crippen molar-refractivity contribution in [3.8, 4) is 0 Å². The number of phosphoric acid groups is 2. The van der Waals surface area contributed by atoms with E-state index in [2.05, 4.69) is 37.7 Å². The van der Waals surface area contributed by atoms with Gasteiger partial charge in [-0.1, -0.05) is 357 Å². The number of hydrogen-bond donors (Lipinski definition) is 4. The fourth-order valence-corrected chi connectivity index (χ4v) is 15.9. The van der Waals surface area contributed by atoms with Gasteiger partial charge in [0.1, 0.15) is 13.2 Å². The predicted molar refractivity (Wildman–Crippen MR) is 437 cm³/mol. The Hall–Kier alpha value is -2.34. The lowest BCUT2D eigenvalue weighted by atomic mass is 10.0. The van der Waals surface area contributed by atoms with Crippen LogP contribution in [0.4, 0.5) is 0 Å². The van der Waals surface area contributed by atoms with Gasteiger partial charge in [0.05, 0.1) is 51.7 Å². The SMILES string of the molecule is CCCCCCCCCCCCCCCCCC(=O)OC[C@H](COP(=O)(O)OC[C@@H](CO)N=C([O-])CCSSCCC([O-])=N[C@H](CO)COP(=O)(O)OC[C@@H](COC(=O)CCCCCCCCCCCCC)OC(=O)CCCCCCCCCCCCC)OC(=O)CCCCCCCCCCCCCCCCC. The molecule has 0 bridgehead atoms. The molecule has 0 radical (unpaired) electrons. The predicted octanol–water partition coefficient (Wildman–Crippen LogP) is 20.5. The molecular weight excluding hydrogens is 1460 g/mol. The van der Waals surface area contributed by atoms with Gasteiger partial charge in [-0.3, -0.25) is 47.3 Å². The van der Waals surface area contributed by atoms with E-state index in [1.807, 2.05) is 0 Å². The Morgan fingerprint density at radius 1 is 0.306 bits per heavy atom. The van der Waals surface area contributed by atoms with Crippen molar-refractivity contribution in [3.05, 3.63) is 0 Å². The number of ether oxygens (including phenoxy) is 4. The largest absolute Gasteiger partial charge is 0.862 e. The Morgan fingerprint density at radius 2 is 0.509 bits per heavy atom. The van der Waals surface area contributed by atoms with Gasteiger partial charge in [0.25, 0.3) is 0 Å². The first-order valence-electron chi connectivity index (χ1n) is 43.3. The number of hydrogen-bond acceptors (Lipinski definition) is 22. The van der Waals surface area contributed by atoms with Crippen molar-refractivity contribution in [2.45, 2.75) is 424 Å². The second-order valence-electron chi connectivity index (χ2n) is 29.5. The molecule has 0 aliphatic carbocycles. The maximum atomic E-state index is 13.1. The summed E-state index contributed by atoms with van der Waals surface area (Å²) in [4.78, 5) is 80.6. The molecule has 4 N–H and O–H groups in total. The number of phosphoric ester groups is 2. The first-order valence-corrected chi connectivity index (χ1v) is 48.8. The first kappa shape index (κ1) is 106. The molecule has 0 aliphatic heterocycles. The molecule has 0 fully saturated rings. The third-order valence-corrected chi connectivity index (χ3v) is 23.4. The van der Waals surface area contributed by atoms with Crippen molar-refractivity contribution in [1.29, 1.82) is 0 Å². The van der Waals surface area contributed by atoms with E-state index in [0.29, 0.717) is 25.7 Å². The Labute approximate surface area is 663 Å². The van der Waals surface area contributed by atoms with Crippen molar-refractivity contribution in [2.24, 2.45) is 9.98 Å². The average molecular weight is 1620 g/mol. The van der Waals surface area contributed by atoms with E-state index in [0.717, 1.165) is 89.9 Å². The minimum atomic E-state index is -4.88. The molecule has 638 valence electrons. The van der Waals surface area contributed by atoms with Gasteiger partial charge in [-0.05, 0) is 50.3 Å². The number of carbonyl (C=O) groups excluding carboxylic acids is 4.